The van der Waals surface area contributed by atoms with E-state index in [4.69, 9.17) is 18.9 Å². The van der Waals surface area contributed by atoms with E-state index in [9.17, 15) is 19.5 Å². The van der Waals surface area contributed by atoms with Gasteiger partial charge < -0.3 is 29.4 Å². The summed E-state index contributed by atoms with van der Waals surface area (Å²) in [5, 5.41) is 14.1. The summed E-state index contributed by atoms with van der Waals surface area (Å²) < 4.78 is 39.7. The number of epoxide rings is 1. The van der Waals surface area contributed by atoms with Gasteiger partial charge in [-0.2, -0.15) is 0 Å². The molecule has 0 radical (unpaired) electrons. The van der Waals surface area contributed by atoms with Gasteiger partial charge in [0.2, 0.25) is 0 Å². The number of ether oxygens (including phenoxy) is 4. The number of hydrogen-bond donors (Lipinski definition) is 2. The van der Waals surface area contributed by atoms with Gasteiger partial charge in [-0.3, -0.25) is 14.4 Å². The van der Waals surface area contributed by atoms with Crippen molar-refractivity contribution in [2.24, 2.45) is 17.8 Å². The Morgan fingerprint density at radius 3 is 2.50 bits per heavy atom. The summed E-state index contributed by atoms with van der Waals surface area (Å²) in [6.07, 6.45) is 6.90. The molecule has 2 aliphatic heterocycles. The van der Waals surface area contributed by atoms with Crippen molar-refractivity contribution in [1.82, 2.24) is 5.32 Å². The van der Waals surface area contributed by atoms with Gasteiger partial charge in [-0.1, -0.05) is 70.2 Å². The summed E-state index contributed by atoms with van der Waals surface area (Å²) in [7, 11) is 1.64. The van der Waals surface area contributed by atoms with Gasteiger partial charge in [0.1, 0.15) is 23.5 Å². The average Bonchev–Trinajstić information content (AvgIpc) is 3.86. The van der Waals surface area contributed by atoms with Gasteiger partial charge in [0.05, 0.1) is 18.2 Å². The summed E-state index contributed by atoms with van der Waals surface area (Å²) in [5.41, 5.74) is 0.490. The molecule has 0 aromatic heterocycles. The lowest BCUT2D eigenvalue weighted by molar-refractivity contribution is -0.150. The Labute approximate surface area is 297 Å². The first kappa shape index (κ1) is 40.9. The van der Waals surface area contributed by atoms with E-state index in [0.29, 0.717) is 24.0 Å². The first-order chi connectivity index (χ1) is 23.5. The highest BCUT2D eigenvalue weighted by Gasteiger charge is 2.55. The molecule has 3 rings (SSSR count). The minimum Gasteiger partial charge on any atom is -0.457 e. The zero-order valence-electron chi connectivity index (χ0n) is 31.0. The van der Waals surface area contributed by atoms with Crippen LogP contribution in [0, 0.1) is 17.8 Å². The van der Waals surface area contributed by atoms with E-state index in [1.165, 1.54) is 19.9 Å². The predicted octanol–water partition coefficient (Wildman–Crippen LogP) is 6.96. The van der Waals surface area contributed by atoms with E-state index in [-0.39, 0.29) is 48.6 Å². The number of nitrogens with one attached hydrogen (secondary N) is 1. The van der Waals surface area contributed by atoms with Crippen molar-refractivity contribution < 1.29 is 42.8 Å². The van der Waals surface area contributed by atoms with Crippen LogP contribution in [-0.4, -0.2) is 71.8 Å². The Morgan fingerprint density at radius 1 is 1.22 bits per heavy atom. The largest absolute Gasteiger partial charge is 0.457 e. The van der Waals surface area contributed by atoms with Gasteiger partial charge >= 0.3 is 11.9 Å². The molecule has 0 saturated carbocycles. The number of benzene rings is 1. The minimum atomic E-state index is -2.04. The number of methoxy groups -OCH3 is 1. The molecule has 50 heavy (non-hydrogen) atoms. The van der Waals surface area contributed by atoms with E-state index in [2.05, 4.69) is 11.0 Å². The van der Waals surface area contributed by atoms with Crippen LogP contribution in [0.1, 0.15) is 97.9 Å². The molecule has 276 valence electrons. The number of amides is 1. The molecule has 2 aliphatic rings. The van der Waals surface area contributed by atoms with Crippen LogP contribution in [0.4, 0.5) is 4.39 Å². The smallest absolute Gasteiger partial charge is 0.308 e. The van der Waals surface area contributed by atoms with E-state index in [0.717, 1.165) is 6.42 Å². The van der Waals surface area contributed by atoms with Gasteiger partial charge in [-0.25, -0.2) is 4.39 Å². The van der Waals surface area contributed by atoms with Crippen LogP contribution in [0.5, 0.6) is 0 Å². The summed E-state index contributed by atoms with van der Waals surface area (Å²) >= 11 is 0. The van der Waals surface area contributed by atoms with Crippen molar-refractivity contribution >= 4 is 17.8 Å². The molecule has 2 heterocycles. The van der Waals surface area contributed by atoms with Crippen LogP contribution in [0.3, 0.4) is 0 Å². The second-order valence-corrected chi connectivity index (χ2v) is 14.1. The molecule has 1 fully saturated rings. The molecule has 9 nitrogen and oxygen atoms in total. The molecule has 0 spiro atoms. The summed E-state index contributed by atoms with van der Waals surface area (Å²) in [4.78, 5) is 38.2. The van der Waals surface area contributed by atoms with Crippen molar-refractivity contribution in [2.45, 2.75) is 129 Å². The first-order valence-electron chi connectivity index (χ1n) is 17.7. The fraction of sp³-hybridized carbons (Fsp3) is 0.600. The highest BCUT2D eigenvalue weighted by molar-refractivity contribution is 5.94. The molecular weight excluding hydrogens is 641 g/mol. The third kappa shape index (κ3) is 11.2. The average molecular weight is 698 g/mol. The number of hydrogen-bond acceptors (Lipinski definition) is 8. The second-order valence-electron chi connectivity index (χ2n) is 14.1. The lowest BCUT2D eigenvalue weighted by atomic mass is 9.87. The molecule has 2 N–H and O–H groups in total. The van der Waals surface area contributed by atoms with E-state index in [1.807, 2.05) is 27.7 Å². The number of carbonyl (C=O) groups excluding carboxylic acids is 3. The molecule has 1 aromatic rings. The van der Waals surface area contributed by atoms with Crippen LogP contribution < -0.4 is 5.32 Å². The number of aliphatic hydroxyl groups is 1. The monoisotopic (exact) mass is 697 g/mol. The summed E-state index contributed by atoms with van der Waals surface area (Å²) in [6.45, 7) is 13.8. The van der Waals surface area contributed by atoms with Gasteiger partial charge in [-0.15, -0.1) is 0 Å². The number of rotatable bonds is 13. The number of alkyl halides is 1. The number of cyclic esters (lactones) is 1. The zero-order valence-corrected chi connectivity index (χ0v) is 31.0. The van der Waals surface area contributed by atoms with Crippen molar-refractivity contribution in [2.75, 3.05) is 7.11 Å². The van der Waals surface area contributed by atoms with E-state index >= 15 is 4.39 Å². The van der Waals surface area contributed by atoms with Crippen molar-refractivity contribution in [3.8, 4) is 0 Å². The first-order valence-corrected chi connectivity index (χ1v) is 17.7. The van der Waals surface area contributed by atoms with Gasteiger partial charge in [0.25, 0.3) is 5.91 Å². The normalized spacial score (nSPS) is 29.3. The van der Waals surface area contributed by atoms with Gasteiger partial charge in [-0.05, 0) is 75.8 Å². The Hall–Kier alpha value is -3.56. The predicted molar refractivity (Wildman–Crippen MR) is 190 cm³/mol. The van der Waals surface area contributed by atoms with E-state index < -0.39 is 47.3 Å². The van der Waals surface area contributed by atoms with Crippen LogP contribution >= 0.6 is 0 Å². The van der Waals surface area contributed by atoms with Crippen molar-refractivity contribution in [1.29, 1.82) is 0 Å². The Morgan fingerprint density at radius 2 is 1.90 bits per heavy atom. The lowest BCUT2D eigenvalue weighted by Gasteiger charge is -2.29. The molecule has 10 atom stereocenters. The maximum atomic E-state index is 16.7. The second kappa shape index (κ2) is 18.1. The topological polar surface area (TPSA) is 124 Å². The number of carbonyl (C=O) groups is 3. The Balaban J connectivity index is 1.94. The maximum absolute atomic E-state index is 16.7. The number of halogens is 1. The van der Waals surface area contributed by atoms with Crippen LogP contribution in [0.15, 0.2) is 71.7 Å². The Kier molecular flexibility index (Phi) is 14.8. The molecule has 10 heteroatoms. The minimum absolute atomic E-state index is 0.00124. The van der Waals surface area contributed by atoms with Gasteiger partial charge in [0.15, 0.2) is 5.76 Å². The highest BCUT2D eigenvalue weighted by Crippen LogP contribution is 2.40. The fourth-order valence-electron chi connectivity index (χ4n) is 6.56. The molecule has 0 bridgehead atoms. The van der Waals surface area contributed by atoms with Crippen LogP contribution in [0.25, 0.3) is 0 Å². The van der Waals surface area contributed by atoms with Crippen molar-refractivity contribution in [3.05, 3.63) is 77.3 Å². The molecule has 10 unspecified atom stereocenters. The molecule has 0 aliphatic carbocycles. The van der Waals surface area contributed by atoms with Gasteiger partial charge in [0, 0.05) is 37.9 Å². The van der Waals surface area contributed by atoms with E-state index in [1.54, 1.807) is 69.5 Å². The van der Waals surface area contributed by atoms with Crippen LogP contribution in [0.2, 0.25) is 0 Å². The third-order valence-corrected chi connectivity index (χ3v) is 9.88. The zero-order chi connectivity index (χ0) is 37.2. The Bertz CT molecular complexity index is 1440. The fourth-order valence-corrected chi connectivity index (χ4v) is 6.56. The highest BCUT2D eigenvalue weighted by atomic mass is 19.1. The quantitative estimate of drug-likeness (QED) is 0.0983. The number of allylic oxidation sites excluding steroid dienone is 2. The molecule has 1 amide bonds. The third-order valence-electron chi connectivity index (χ3n) is 9.88. The molecular formula is C40H56FNO8. The number of esters is 2. The standard InChI is InChI=1S/C40H56FNO8/c1-10-29-21-23-40(8,46)32(48-28(6)43)20-19-26(4)34(49-33(44)24-29)25(3)16-15-22-39(7,41)37(42-38(45)30-17-13-12-14-18-30)36-35(50-36)27(5)31(11-2)47-9/h12-19,22,26-27,29,31,34-37,46H,10-11,21,23-24H2,1-9H3,(H,42,45). The maximum Gasteiger partial charge on any atom is 0.308 e. The lowest BCUT2D eigenvalue weighted by Crippen LogP contribution is -2.52. The van der Waals surface area contributed by atoms with Crippen molar-refractivity contribution in [3.63, 3.8) is 0 Å². The molecule has 1 aromatic carbocycles. The summed E-state index contributed by atoms with van der Waals surface area (Å²) in [5.74, 6) is -1.90. The van der Waals surface area contributed by atoms with Crippen LogP contribution in [-0.2, 0) is 28.5 Å². The molecule has 1 saturated heterocycles. The SMILES string of the molecule is CCC1CCC(C)(O)C(OC(C)=O)=C=CC(C)C(C(C)=CC=CC(C)(F)C(NC(=O)c2ccccc2)C2OC2C(C)C(CC)OC)OC(=O)C1. The summed E-state index contributed by atoms with van der Waals surface area (Å²) in [6, 6.07) is 7.63.